The Morgan fingerprint density at radius 3 is 2.40 bits per heavy atom. The first-order valence-corrected chi connectivity index (χ1v) is 6.63. The standard InChI is InChI=1S/C15H21NO4/c1-11(2)8-13(12-6-4-3-5-7-12)16-14(17)9-20-10-15(18)19/h3-7,11,13H,8-10H2,1-2H3,(H,16,17)(H,18,19). The zero-order valence-electron chi connectivity index (χ0n) is 11.8. The summed E-state index contributed by atoms with van der Waals surface area (Å²) in [5, 5.41) is 11.3. The van der Waals surface area contributed by atoms with Crippen molar-refractivity contribution in [3.8, 4) is 0 Å². The molecule has 0 saturated heterocycles. The Hall–Kier alpha value is -1.88. The number of carboxylic acids is 1. The summed E-state index contributed by atoms with van der Waals surface area (Å²) in [6.45, 7) is 3.47. The normalized spacial score (nSPS) is 12.2. The van der Waals surface area contributed by atoms with Crippen LogP contribution in [0.1, 0.15) is 31.9 Å². The smallest absolute Gasteiger partial charge is 0.329 e. The lowest BCUT2D eigenvalue weighted by atomic mass is 9.97. The molecule has 0 aliphatic heterocycles. The molecule has 0 aromatic heterocycles. The van der Waals surface area contributed by atoms with Gasteiger partial charge in [-0.2, -0.15) is 0 Å². The van der Waals surface area contributed by atoms with Gasteiger partial charge < -0.3 is 15.2 Å². The molecule has 1 unspecified atom stereocenters. The Balaban J connectivity index is 2.57. The summed E-state index contributed by atoms with van der Waals surface area (Å²) >= 11 is 0. The lowest BCUT2D eigenvalue weighted by Gasteiger charge is -2.21. The van der Waals surface area contributed by atoms with Gasteiger partial charge in [0.25, 0.3) is 0 Å². The molecule has 2 N–H and O–H groups in total. The SMILES string of the molecule is CC(C)CC(NC(=O)COCC(=O)O)c1ccccc1. The van der Waals surface area contributed by atoms with Crippen LogP contribution >= 0.6 is 0 Å². The van der Waals surface area contributed by atoms with E-state index in [1.165, 1.54) is 0 Å². The van der Waals surface area contributed by atoms with Gasteiger partial charge in [0, 0.05) is 0 Å². The number of rotatable bonds is 8. The molecule has 0 spiro atoms. The Morgan fingerprint density at radius 1 is 1.20 bits per heavy atom. The van der Waals surface area contributed by atoms with Gasteiger partial charge in [-0.15, -0.1) is 0 Å². The zero-order chi connectivity index (χ0) is 15.0. The predicted octanol–water partition coefficient (Wildman–Crippen LogP) is 1.99. The summed E-state index contributed by atoms with van der Waals surface area (Å²) in [5.41, 5.74) is 1.03. The molecule has 0 aliphatic rings. The summed E-state index contributed by atoms with van der Waals surface area (Å²) in [7, 11) is 0. The maximum atomic E-state index is 11.8. The van der Waals surface area contributed by atoms with E-state index in [0.29, 0.717) is 5.92 Å². The molecular weight excluding hydrogens is 258 g/mol. The Kier molecular flexibility index (Phi) is 6.73. The van der Waals surface area contributed by atoms with Gasteiger partial charge in [0.05, 0.1) is 6.04 Å². The molecule has 5 nitrogen and oxygen atoms in total. The Labute approximate surface area is 118 Å². The maximum absolute atomic E-state index is 11.8. The zero-order valence-corrected chi connectivity index (χ0v) is 11.8. The van der Waals surface area contributed by atoms with Gasteiger partial charge in [-0.05, 0) is 17.9 Å². The van der Waals surface area contributed by atoms with E-state index in [0.717, 1.165) is 12.0 Å². The number of hydrogen-bond donors (Lipinski definition) is 2. The third kappa shape index (κ3) is 6.33. The first-order chi connectivity index (χ1) is 9.49. The van der Waals surface area contributed by atoms with Crippen molar-refractivity contribution in [1.29, 1.82) is 0 Å². The largest absolute Gasteiger partial charge is 0.480 e. The van der Waals surface area contributed by atoms with Gasteiger partial charge in [-0.3, -0.25) is 4.79 Å². The number of hydrogen-bond acceptors (Lipinski definition) is 3. The molecule has 0 heterocycles. The molecule has 0 saturated carbocycles. The second-order valence-corrected chi connectivity index (χ2v) is 5.05. The third-order valence-electron chi connectivity index (χ3n) is 2.70. The lowest BCUT2D eigenvalue weighted by Crippen LogP contribution is -2.33. The summed E-state index contributed by atoms with van der Waals surface area (Å²) in [6, 6.07) is 9.62. The Bertz CT molecular complexity index is 431. The molecule has 1 atom stereocenters. The van der Waals surface area contributed by atoms with E-state index >= 15 is 0 Å². The van der Waals surface area contributed by atoms with E-state index in [4.69, 9.17) is 9.84 Å². The predicted molar refractivity (Wildman–Crippen MR) is 75.2 cm³/mol. The van der Waals surface area contributed by atoms with Crippen molar-refractivity contribution in [2.24, 2.45) is 5.92 Å². The summed E-state index contributed by atoms with van der Waals surface area (Å²) < 4.78 is 4.79. The van der Waals surface area contributed by atoms with Crippen LogP contribution in [0.4, 0.5) is 0 Å². The average molecular weight is 279 g/mol. The highest BCUT2D eigenvalue weighted by atomic mass is 16.5. The molecule has 1 aromatic carbocycles. The van der Waals surface area contributed by atoms with E-state index in [2.05, 4.69) is 19.2 Å². The number of amides is 1. The van der Waals surface area contributed by atoms with Crippen LogP contribution in [0, 0.1) is 5.92 Å². The van der Waals surface area contributed by atoms with Crippen LogP contribution in [0.5, 0.6) is 0 Å². The first-order valence-electron chi connectivity index (χ1n) is 6.63. The molecule has 0 aliphatic carbocycles. The fourth-order valence-electron chi connectivity index (χ4n) is 1.90. The molecule has 1 rings (SSSR count). The first kappa shape index (κ1) is 16.2. The van der Waals surface area contributed by atoms with Crippen LogP contribution in [-0.2, 0) is 14.3 Å². The van der Waals surface area contributed by atoms with Crippen molar-refractivity contribution in [3.05, 3.63) is 35.9 Å². The fraction of sp³-hybridized carbons (Fsp3) is 0.467. The van der Waals surface area contributed by atoms with Crippen LogP contribution in [-0.4, -0.2) is 30.2 Å². The minimum atomic E-state index is -1.08. The molecule has 1 amide bonds. The highest BCUT2D eigenvalue weighted by molar-refractivity contribution is 5.78. The summed E-state index contributed by atoms with van der Waals surface area (Å²) in [6.07, 6.45) is 0.814. The molecule has 0 fully saturated rings. The van der Waals surface area contributed by atoms with Crippen molar-refractivity contribution < 1.29 is 19.4 Å². The van der Waals surface area contributed by atoms with Crippen molar-refractivity contribution >= 4 is 11.9 Å². The number of carbonyl (C=O) groups excluding carboxylic acids is 1. The van der Waals surface area contributed by atoms with Gasteiger partial charge in [0.15, 0.2) is 0 Å². The number of carbonyl (C=O) groups is 2. The van der Waals surface area contributed by atoms with E-state index in [1.807, 2.05) is 30.3 Å². The van der Waals surface area contributed by atoms with Crippen LogP contribution in [0.15, 0.2) is 30.3 Å². The monoisotopic (exact) mass is 279 g/mol. The van der Waals surface area contributed by atoms with Crippen LogP contribution < -0.4 is 5.32 Å². The molecule has 1 aromatic rings. The van der Waals surface area contributed by atoms with E-state index in [-0.39, 0.29) is 18.6 Å². The second kappa shape index (κ2) is 8.32. The van der Waals surface area contributed by atoms with E-state index < -0.39 is 12.6 Å². The number of aliphatic carboxylic acids is 1. The lowest BCUT2D eigenvalue weighted by molar-refractivity contribution is -0.143. The van der Waals surface area contributed by atoms with Crippen LogP contribution in [0.25, 0.3) is 0 Å². The van der Waals surface area contributed by atoms with Gasteiger partial charge in [-0.1, -0.05) is 44.2 Å². The third-order valence-corrected chi connectivity index (χ3v) is 2.70. The number of benzene rings is 1. The minimum Gasteiger partial charge on any atom is -0.480 e. The number of ether oxygens (including phenoxy) is 1. The molecule has 110 valence electrons. The highest BCUT2D eigenvalue weighted by Crippen LogP contribution is 2.20. The topological polar surface area (TPSA) is 75.6 Å². The molecule has 5 heteroatoms. The number of nitrogens with one attached hydrogen (secondary N) is 1. The highest BCUT2D eigenvalue weighted by Gasteiger charge is 2.16. The average Bonchev–Trinajstić information content (AvgIpc) is 2.38. The van der Waals surface area contributed by atoms with Crippen LogP contribution in [0.2, 0.25) is 0 Å². The Morgan fingerprint density at radius 2 is 1.85 bits per heavy atom. The fourth-order valence-corrected chi connectivity index (χ4v) is 1.90. The van der Waals surface area contributed by atoms with Crippen molar-refractivity contribution in [2.75, 3.05) is 13.2 Å². The van der Waals surface area contributed by atoms with Gasteiger partial charge >= 0.3 is 5.97 Å². The molecule has 20 heavy (non-hydrogen) atoms. The summed E-state index contributed by atoms with van der Waals surface area (Å²) in [5.74, 6) is -0.958. The van der Waals surface area contributed by atoms with Crippen molar-refractivity contribution in [1.82, 2.24) is 5.32 Å². The van der Waals surface area contributed by atoms with E-state index in [1.54, 1.807) is 0 Å². The quantitative estimate of drug-likeness (QED) is 0.763. The van der Waals surface area contributed by atoms with Crippen molar-refractivity contribution in [2.45, 2.75) is 26.3 Å². The molecular formula is C15H21NO4. The maximum Gasteiger partial charge on any atom is 0.329 e. The molecule has 0 radical (unpaired) electrons. The summed E-state index contributed by atoms with van der Waals surface area (Å²) in [4.78, 5) is 22.1. The van der Waals surface area contributed by atoms with E-state index in [9.17, 15) is 9.59 Å². The molecule has 0 bridgehead atoms. The number of carboxylic acid groups (broad SMARTS) is 1. The van der Waals surface area contributed by atoms with Gasteiger partial charge in [-0.25, -0.2) is 4.79 Å². The van der Waals surface area contributed by atoms with Gasteiger partial charge in [0.2, 0.25) is 5.91 Å². The minimum absolute atomic E-state index is 0.0860. The van der Waals surface area contributed by atoms with Gasteiger partial charge in [0.1, 0.15) is 13.2 Å². The van der Waals surface area contributed by atoms with Crippen LogP contribution in [0.3, 0.4) is 0 Å². The second-order valence-electron chi connectivity index (χ2n) is 5.05. The van der Waals surface area contributed by atoms with Crippen molar-refractivity contribution in [3.63, 3.8) is 0 Å².